The topological polar surface area (TPSA) is 95.9 Å². The normalized spacial score (nSPS) is 22.8. The van der Waals surface area contributed by atoms with Crippen LogP contribution in [0, 0.1) is 5.92 Å². The summed E-state index contributed by atoms with van der Waals surface area (Å²) in [6.45, 7) is 7.15. The summed E-state index contributed by atoms with van der Waals surface area (Å²) in [5.74, 6) is -1.53. The van der Waals surface area contributed by atoms with E-state index in [2.05, 4.69) is 5.32 Å². The van der Waals surface area contributed by atoms with Crippen molar-refractivity contribution in [3.8, 4) is 0 Å². The van der Waals surface area contributed by atoms with Crippen LogP contribution in [0.4, 0.5) is 4.79 Å². The minimum absolute atomic E-state index is 0. The van der Waals surface area contributed by atoms with Gasteiger partial charge in [0.1, 0.15) is 6.10 Å². The third-order valence-corrected chi connectivity index (χ3v) is 2.94. The van der Waals surface area contributed by atoms with E-state index in [0.717, 1.165) is 6.42 Å². The Morgan fingerprint density at radius 1 is 1.40 bits per heavy atom. The van der Waals surface area contributed by atoms with E-state index in [0.29, 0.717) is 6.42 Å². The predicted molar refractivity (Wildman–Crippen MR) is 79.7 cm³/mol. The van der Waals surface area contributed by atoms with E-state index in [1.54, 1.807) is 6.92 Å². The summed E-state index contributed by atoms with van der Waals surface area (Å²) in [6.07, 6.45) is 0.434. The van der Waals surface area contributed by atoms with E-state index in [4.69, 9.17) is 14.9 Å². The number of carbonyl (C=O) groups is 2. The van der Waals surface area contributed by atoms with Gasteiger partial charge in [0, 0.05) is 0 Å². The van der Waals surface area contributed by atoms with Gasteiger partial charge < -0.3 is 20.3 Å². The maximum atomic E-state index is 10.5. The lowest BCUT2D eigenvalue weighted by Crippen LogP contribution is -2.28. The first-order chi connectivity index (χ1) is 8.33. The number of amides is 1. The van der Waals surface area contributed by atoms with E-state index in [1.165, 1.54) is 6.92 Å². The van der Waals surface area contributed by atoms with Crippen molar-refractivity contribution < 1.29 is 24.5 Å². The highest BCUT2D eigenvalue weighted by Crippen LogP contribution is 2.09. The quantitative estimate of drug-likeness (QED) is 0.740. The SMILES string of the molecule is C.C.CCC(C(=O)O)C(C)O.CCC1NC(=O)OC1C. The molecule has 1 fully saturated rings. The van der Waals surface area contributed by atoms with Crippen molar-refractivity contribution in [1.82, 2.24) is 5.32 Å². The number of aliphatic hydroxyl groups excluding tert-OH is 1. The molecule has 0 radical (unpaired) electrons. The number of carboxylic acids is 1. The molecular formula is C14H31NO5. The van der Waals surface area contributed by atoms with Crippen molar-refractivity contribution in [2.75, 3.05) is 0 Å². The highest BCUT2D eigenvalue weighted by molar-refractivity contribution is 5.70. The zero-order chi connectivity index (χ0) is 14.3. The maximum Gasteiger partial charge on any atom is 0.407 e. The molecule has 1 aliphatic heterocycles. The van der Waals surface area contributed by atoms with E-state index in [-0.39, 0.29) is 33.1 Å². The summed E-state index contributed by atoms with van der Waals surface area (Å²) >= 11 is 0. The number of rotatable bonds is 4. The fourth-order valence-electron chi connectivity index (χ4n) is 1.71. The Labute approximate surface area is 122 Å². The number of hydrogen-bond acceptors (Lipinski definition) is 4. The number of carbonyl (C=O) groups excluding carboxylic acids is 1. The molecule has 1 aliphatic rings. The van der Waals surface area contributed by atoms with Crippen LogP contribution in [0.5, 0.6) is 0 Å². The largest absolute Gasteiger partial charge is 0.481 e. The molecule has 1 heterocycles. The zero-order valence-electron chi connectivity index (χ0n) is 11.3. The average Bonchev–Trinajstić information content (AvgIpc) is 2.57. The Morgan fingerprint density at radius 3 is 2.00 bits per heavy atom. The van der Waals surface area contributed by atoms with Crippen LogP contribution >= 0.6 is 0 Å². The number of alkyl carbamates (subject to hydrolysis) is 1. The van der Waals surface area contributed by atoms with Gasteiger partial charge in [-0.1, -0.05) is 28.7 Å². The third-order valence-electron chi connectivity index (χ3n) is 2.94. The Balaban J connectivity index is -0.000000263. The van der Waals surface area contributed by atoms with Crippen molar-refractivity contribution in [2.24, 2.45) is 5.92 Å². The molecule has 0 aromatic heterocycles. The lowest BCUT2D eigenvalue weighted by atomic mass is 10.0. The number of nitrogens with one attached hydrogen (secondary N) is 1. The van der Waals surface area contributed by atoms with Crippen LogP contribution < -0.4 is 5.32 Å². The molecule has 6 heteroatoms. The van der Waals surface area contributed by atoms with Crippen LogP contribution in [0.25, 0.3) is 0 Å². The molecule has 6 nitrogen and oxygen atoms in total. The molecular weight excluding hydrogens is 262 g/mol. The summed E-state index contributed by atoms with van der Waals surface area (Å²) in [6, 6.07) is 0.220. The Hall–Kier alpha value is -1.30. The van der Waals surface area contributed by atoms with Gasteiger partial charge in [0.25, 0.3) is 0 Å². The fraction of sp³-hybridized carbons (Fsp3) is 0.857. The molecule has 3 N–H and O–H groups in total. The van der Waals surface area contributed by atoms with Crippen molar-refractivity contribution >= 4 is 12.1 Å². The van der Waals surface area contributed by atoms with Gasteiger partial charge in [0.05, 0.1) is 18.1 Å². The molecule has 0 aliphatic carbocycles. The average molecular weight is 293 g/mol. The first-order valence-corrected chi connectivity index (χ1v) is 6.21. The minimum Gasteiger partial charge on any atom is -0.481 e. The van der Waals surface area contributed by atoms with Crippen molar-refractivity contribution in [3.05, 3.63) is 0 Å². The van der Waals surface area contributed by atoms with Crippen LogP contribution in [0.3, 0.4) is 0 Å². The standard InChI is InChI=1S/C6H11NO2.C6H12O3.2CH4/c1-3-5-4(2)9-6(8)7-5;1-3-5(4(2)7)6(8)9;;/h4-5H,3H2,1-2H3,(H,7,8);4-5,7H,3H2,1-2H3,(H,8,9);2*1H4. The van der Waals surface area contributed by atoms with Gasteiger partial charge in [-0.05, 0) is 26.7 Å². The molecule has 20 heavy (non-hydrogen) atoms. The molecule has 0 aromatic rings. The number of aliphatic carboxylic acids is 1. The van der Waals surface area contributed by atoms with Gasteiger partial charge in [0.2, 0.25) is 0 Å². The molecule has 4 unspecified atom stereocenters. The minimum atomic E-state index is -0.924. The summed E-state index contributed by atoms with van der Waals surface area (Å²) in [4.78, 5) is 20.7. The highest BCUT2D eigenvalue weighted by Gasteiger charge is 2.28. The molecule has 4 atom stereocenters. The van der Waals surface area contributed by atoms with E-state index >= 15 is 0 Å². The molecule has 1 rings (SSSR count). The summed E-state index contributed by atoms with van der Waals surface area (Å²) in [7, 11) is 0. The van der Waals surface area contributed by atoms with E-state index in [1.807, 2.05) is 13.8 Å². The second kappa shape index (κ2) is 11.5. The van der Waals surface area contributed by atoms with Crippen LogP contribution in [-0.2, 0) is 9.53 Å². The van der Waals surface area contributed by atoms with Crippen molar-refractivity contribution in [3.63, 3.8) is 0 Å². The van der Waals surface area contributed by atoms with Gasteiger partial charge in [-0.15, -0.1) is 0 Å². The Bertz CT molecular complexity index is 281. The van der Waals surface area contributed by atoms with Crippen LogP contribution in [-0.4, -0.2) is 40.5 Å². The first kappa shape index (κ1) is 23.8. The second-order valence-corrected chi connectivity index (χ2v) is 4.36. The number of carboxylic acid groups (broad SMARTS) is 1. The highest BCUT2D eigenvalue weighted by atomic mass is 16.6. The molecule has 0 saturated carbocycles. The van der Waals surface area contributed by atoms with Gasteiger partial charge in [0.15, 0.2) is 0 Å². The number of ether oxygens (including phenoxy) is 1. The third kappa shape index (κ3) is 7.99. The summed E-state index contributed by atoms with van der Waals surface area (Å²) < 4.78 is 4.81. The number of hydrogen-bond donors (Lipinski definition) is 3. The van der Waals surface area contributed by atoms with Crippen LogP contribution in [0.1, 0.15) is 55.4 Å². The van der Waals surface area contributed by atoms with E-state index < -0.39 is 18.0 Å². The fourth-order valence-corrected chi connectivity index (χ4v) is 1.71. The Morgan fingerprint density at radius 2 is 1.90 bits per heavy atom. The van der Waals surface area contributed by atoms with Crippen molar-refractivity contribution in [1.29, 1.82) is 0 Å². The second-order valence-electron chi connectivity index (χ2n) is 4.36. The van der Waals surface area contributed by atoms with E-state index in [9.17, 15) is 9.59 Å². The smallest absolute Gasteiger partial charge is 0.407 e. The molecule has 122 valence electrons. The predicted octanol–water partition coefficient (Wildman–Crippen LogP) is 2.64. The monoisotopic (exact) mass is 293 g/mol. The summed E-state index contributed by atoms with van der Waals surface area (Å²) in [5, 5.41) is 19.9. The van der Waals surface area contributed by atoms with Crippen LogP contribution in [0.15, 0.2) is 0 Å². The number of aliphatic hydroxyl groups is 1. The number of cyclic esters (lactones) is 1. The van der Waals surface area contributed by atoms with Gasteiger partial charge >= 0.3 is 12.1 Å². The molecule has 0 aromatic carbocycles. The first-order valence-electron chi connectivity index (χ1n) is 6.21. The van der Waals surface area contributed by atoms with Gasteiger partial charge in [-0.3, -0.25) is 4.79 Å². The summed E-state index contributed by atoms with van der Waals surface area (Å²) in [5.41, 5.74) is 0. The molecule has 1 amide bonds. The van der Waals surface area contributed by atoms with Crippen LogP contribution in [0.2, 0.25) is 0 Å². The molecule has 0 spiro atoms. The van der Waals surface area contributed by atoms with Crippen molar-refractivity contribution in [2.45, 2.75) is 73.6 Å². The Kier molecular flexibility index (Phi) is 13.7. The molecule has 0 bridgehead atoms. The molecule has 1 saturated heterocycles. The zero-order valence-corrected chi connectivity index (χ0v) is 11.3. The van der Waals surface area contributed by atoms with Gasteiger partial charge in [-0.25, -0.2) is 4.79 Å². The maximum absolute atomic E-state index is 10.5. The lowest BCUT2D eigenvalue weighted by molar-refractivity contribution is -0.145. The van der Waals surface area contributed by atoms with Gasteiger partial charge in [-0.2, -0.15) is 0 Å². The lowest BCUT2D eigenvalue weighted by Gasteiger charge is -2.11.